The summed E-state index contributed by atoms with van der Waals surface area (Å²) in [6.45, 7) is 4.45. The number of hydrogen-bond acceptors (Lipinski definition) is 3. The first-order valence-corrected chi connectivity index (χ1v) is 8.73. The summed E-state index contributed by atoms with van der Waals surface area (Å²) in [4.78, 5) is 11.8. The summed E-state index contributed by atoms with van der Waals surface area (Å²) in [7, 11) is 0. The SMILES string of the molecule is CCCCc1ccc(OCC(=O)NN=C2CCC(C)CC2)cc1. The quantitative estimate of drug-likeness (QED) is 0.770. The van der Waals surface area contributed by atoms with Gasteiger partial charge >= 0.3 is 0 Å². The Morgan fingerprint density at radius 3 is 2.61 bits per heavy atom. The third-order valence-electron chi connectivity index (χ3n) is 4.30. The molecule has 0 saturated heterocycles. The Bertz CT molecular complexity index is 513. The van der Waals surface area contributed by atoms with Crippen LogP contribution in [0.3, 0.4) is 0 Å². The molecule has 0 aliphatic heterocycles. The Kier molecular flexibility index (Phi) is 7.11. The Morgan fingerprint density at radius 1 is 1.26 bits per heavy atom. The molecule has 23 heavy (non-hydrogen) atoms. The molecule has 0 unspecified atom stereocenters. The first-order chi connectivity index (χ1) is 11.2. The molecule has 4 nitrogen and oxygen atoms in total. The van der Waals surface area contributed by atoms with Gasteiger partial charge in [0.1, 0.15) is 5.75 Å². The number of aryl methyl sites for hydroxylation is 1. The summed E-state index contributed by atoms with van der Waals surface area (Å²) < 4.78 is 5.50. The maximum absolute atomic E-state index is 11.8. The van der Waals surface area contributed by atoms with Gasteiger partial charge in [-0.15, -0.1) is 0 Å². The Labute approximate surface area is 139 Å². The van der Waals surface area contributed by atoms with Crippen LogP contribution in [0.15, 0.2) is 29.4 Å². The number of hydrogen-bond donors (Lipinski definition) is 1. The van der Waals surface area contributed by atoms with E-state index in [2.05, 4.69) is 36.5 Å². The minimum atomic E-state index is -0.203. The van der Waals surface area contributed by atoms with E-state index in [1.165, 1.54) is 18.4 Å². The van der Waals surface area contributed by atoms with Gasteiger partial charge in [-0.1, -0.05) is 32.4 Å². The molecule has 4 heteroatoms. The van der Waals surface area contributed by atoms with Crippen LogP contribution >= 0.6 is 0 Å². The zero-order chi connectivity index (χ0) is 16.5. The molecule has 1 aromatic rings. The summed E-state index contributed by atoms with van der Waals surface area (Å²) in [5, 5.41) is 4.21. The first kappa shape index (κ1) is 17.5. The zero-order valence-corrected chi connectivity index (χ0v) is 14.3. The van der Waals surface area contributed by atoms with E-state index in [0.717, 1.165) is 49.5 Å². The summed E-state index contributed by atoms with van der Waals surface area (Å²) in [5.41, 5.74) is 5.00. The molecule has 0 radical (unpaired) electrons. The average Bonchev–Trinajstić information content (AvgIpc) is 2.58. The minimum absolute atomic E-state index is 0.00148. The van der Waals surface area contributed by atoms with Crippen molar-refractivity contribution in [2.75, 3.05) is 6.61 Å². The molecule has 1 aliphatic carbocycles. The molecule has 0 bridgehead atoms. The van der Waals surface area contributed by atoms with Crippen molar-refractivity contribution in [2.45, 2.75) is 58.8 Å². The molecule has 126 valence electrons. The molecule has 0 spiro atoms. The van der Waals surface area contributed by atoms with Gasteiger partial charge in [-0.05, 0) is 62.1 Å². The highest BCUT2D eigenvalue weighted by Crippen LogP contribution is 2.21. The molecule has 1 N–H and O–H groups in total. The molecule has 1 aliphatic rings. The highest BCUT2D eigenvalue weighted by Gasteiger charge is 2.13. The average molecular weight is 316 g/mol. The van der Waals surface area contributed by atoms with Crippen LogP contribution in [0.5, 0.6) is 5.75 Å². The highest BCUT2D eigenvalue weighted by atomic mass is 16.5. The molecular formula is C19H28N2O2. The van der Waals surface area contributed by atoms with Gasteiger partial charge in [0.15, 0.2) is 6.61 Å². The summed E-state index contributed by atoms with van der Waals surface area (Å²) in [5.74, 6) is 1.29. The second kappa shape index (κ2) is 9.33. The third-order valence-corrected chi connectivity index (χ3v) is 4.30. The standard InChI is InChI=1S/C19H28N2O2/c1-3-4-5-16-8-12-18(13-9-16)23-14-19(22)21-20-17-10-6-15(2)7-11-17/h8-9,12-13,15H,3-7,10-11,14H2,1-2H3,(H,21,22). The number of nitrogens with zero attached hydrogens (tertiary/aromatic N) is 1. The van der Waals surface area contributed by atoms with Crippen molar-refractivity contribution in [1.82, 2.24) is 5.43 Å². The van der Waals surface area contributed by atoms with Crippen molar-refractivity contribution in [3.8, 4) is 5.75 Å². The van der Waals surface area contributed by atoms with Gasteiger partial charge in [-0.2, -0.15) is 5.10 Å². The Morgan fingerprint density at radius 2 is 1.96 bits per heavy atom. The van der Waals surface area contributed by atoms with Crippen LogP contribution in [-0.4, -0.2) is 18.2 Å². The second-order valence-corrected chi connectivity index (χ2v) is 6.43. The molecule has 1 saturated carbocycles. The minimum Gasteiger partial charge on any atom is -0.484 e. The van der Waals surface area contributed by atoms with Crippen molar-refractivity contribution >= 4 is 11.6 Å². The lowest BCUT2D eigenvalue weighted by Gasteiger charge is -2.18. The van der Waals surface area contributed by atoms with Crippen LogP contribution in [0, 0.1) is 5.92 Å². The summed E-state index contributed by atoms with van der Waals surface area (Å²) >= 11 is 0. The smallest absolute Gasteiger partial charge is 0.277 e. The fourth-order valence-electron chi connectivity index (χ4n) is 2.66. The molecular weight excluding hydrogens is 288 g/mol. The van der Waals surface area contributed by atoms with Gasteiger partial charge in [0, 0.05) is 5.71 Å². The van der Waals surface area contributed by atoms with Crippen LogP contribution in [0.4, 0.5) is 0 Å². The Balaban J connectivity index is 1.70. The zero-order valence-electron chi connectivity index (χ0n) is 14.3. The number of rotatable bonds is 7. The number of ether oxygens (including phenoxy) is 1. The van der Waals surface area contributed by atoms with Gasteiger partial charge in [0.25, 0.3) is 5.91 Å². The number of carbonyl (C=O) groups is 1. The van der Waals surface area contributed by atoms with Gasteiger partial charge in [0.05, 0.1) is 0 Å². The number of nitrogens with one attached hydrogen (secondary N) is 1. The number of carbonyl (C=O) groups excluding carboxylic acids is 1. The van der Waals surface area contributed by atoms with Crippen molar-refractivity contribution in [1.29, 1.82) is 0 Å². The van der Waals surface area contributed by atoms with E-state index in [0.29, 0.717) is 0 Å². The van der Waals surface area contributed by atoms with E-state index in [1.54, 1.807) is 0 Å². The van der Waals surface area contributed by atoms with E-state index in [9.17, 15) is 4.79 Å². The molecule has 2 rings (SSSR count). The van der Waals surface area contributed by atoms with Gasteiger partial charge in [-0.3, -0.25) is 4.79 Å². The summed E-state index contributed by atoms with van der Waals surface area (Å²) in [6, 6.07) is 7.97. The van der Waals surface area contributed by atoms with Crippen LogP contribution in [0.1, 0.15) is 57.9 Å². The lowest BCUT2D eigenvalue weighted by atomic mass is 9.90. The van der Waals surface area contributed by atoms with E-state index >= 15 is 0 Å². The lowest BCUT2D eigenvalue weighted by molar-refractivity contribution is -0.123. The maximum Gasteiger partial charge on any atom is 0.277 e. The van der Waals surface area contributed by atoms with Crippen molar-refractivity contribution in [3.63, 3.8) is 0 Å². The number of unbranched alkanes of at least 4 members (excludes halogenated alkanes) is 1. The fraction of sp³-hybridized carbons (Fsp3) is 0.579. The third kappa shape index (κ3) is 6.43. The molecule has 0 atom stereocenters. The molecule has 0 aromatic heterocycles. The van der Waals surface area contributed by atoms with Crippen molar-refractivity contribution in [2.24, 2.45) is 11.0 Å². The lowest BCUT2D eigenvalue weighted by Crippen LogP contribution is -2.26. The number of hydrazone groups is 1. The van der Waals surface area contributed by atoms with Gasteiger partial charge < -0.3 is 4.74 Å². The van der Waals surface area contributed by atoms with E-state index in [4.69, 9.17) is 4.74 Å². The number of amides is 1. The van der Waals surface area contributed by atoms with E-state index < -0.39 is 0 Å². The van der Waals surface area contributed by atoms with Gasteiger partial charge in [-0.25, -0.2) is 5.43 Å². The molecule has 0 heterocycles. The summed E-state index contributed by atoms with van der Waals surface area (Å²) in [6.07, 6.45) is 7.78. The Hall–Kier alpha value is -1.84. The maximum atomic E-state index is 11.8. The largest absolute Gasteiger partial charge is 0.484 e. The van der Waals surface area contributed by atoms with E-state index in [1.807, 2.05) is 12.1 Å². The topological polar surface area (TPSA) is 50.7 Å². The predicted molar refractivity (Wildman–Crippen MR) is 93.8 cm³/mol. The monoisotopic (exact) mass is 316 g/mol. The van der Waals surface area contributed by atoms with Crippen LogP contribution in [0.25, 0.3) is 0 Å². The fourth-order valence-corrected chi connectivity index (χ4v) is 2.66. The number of benzene rings is 1. The molecule has 1 amide bonds. The van der Waals surface area contributed by atoms with E-state index in [-0.39, 0.29) is 12.5 Å². The second-order valence-electron chi connectivity index (χ2n) is 6.43. The van der Waals surface area contributed by atoms with Crippen LogP contribution in [0.2, 0.25) is 0 Å². The van der Waals surface area contributed by atoms with Gasteiger partial charge in [0.2, 0.25) is 0 Å². The normalized spacial score (nSPS) is 17.7. The molecule has 1 fully saturated rings. The predicted octanol–water partition coefficient (Wildman–Crippen LogP) is 4.09. The molecule has 1 aromatic carbocycles. The highest BCUT2D eigenvalue weighted by molar-refractivity contribution is 5.87. The van der Waals surface area contributed by atoms with Crippen molar-refractivity contribution < 1.29 is 9.53 Å². The van der Waals surface area contributed by atoms with Crippen LogP contribution in [-0.2, 0) is 11.2 Å². The van der Waals surface area contributed by atoms with Crippen molar-refractivity contribution in [3.05, 3.63) is 29.8 Å². The van der Waals surface area contributed by atoms with Crippen LogP contribution < -0.4 is 10.2 Å². The first-order valence-electron chi connectivity index (χ1n) is 8.73.